The largest absolute Gasteiger partial charge is 0.453 e. The summed E-state index contributed by atoms with van der Waals surface area (Å²) in [5, 5.41) is 11.2. The third kappa shape index (κ3) is 1.94. The van der Waals surface area contributed by atoms with Gasteiger partial charge in [0, 0.05) is 23.0 Å². The zero-order valence-electron chi connectivity index (χ0n) is 15.9. The van der Waals surface area contributed by atoms with Crippen molar-refractivity contribution in [3.8, 4) is 0 Å². The maximum atomic E-state index is 12.6. The molecular weight excluding hydrogens is 336 g/mol. The summed E-state index contributed by atoms with van der Waals surface area (Å²) in [5.74, 6) is -2.57. The highest BCUT2D eigenvalue weighted by molar-refractivity contribution is 5.93. The Kier molecular flexibility index (Phi) is 3.55. The predicted molar refractivity (Wildman–Crippen MR) is 91.8 cm³/mol. The van der Waals surface area contributed by atoms with Crippen molar-refractivity contribution in [2.75, 3.05) is 0 Å². The van der Waals surface area contributed by atoms with Crippen LogP contribution in [0, 0.1) is 11.3 Å². The molecule has 6 heteroatoms. The van der Waals surface area contributed by atoms with Gasteiger partial charge in [0.2, 0.25) is 5.79 Å². The fourth-order valence-electron chi connectivity index (χ4n) is 5.31. The molecule has 0 aromatic rings. The summed E-state index contributed by atoms with van der Waals surface area (Å²) in [6.45, 7) is 9.27. The fourth-order valence-corrected chi connectivity index (χ4v) is 5.31. The lowest BCUT2D eigenvalue weighted by molar-refractivity contribution is -0.225. The molecule has 0 radical (unpaired) electrons. The summed E-state index contributed by atoms with van der Waals surface area (Å²) in [6, 6.07) is 0. The minimum atomic E-state index is -1.76. The fraction of sp³-hybridized carbons (Fsp3) is 0.700. The number of fused-ring (bicyclic) bond motifs is 1. The molecule has 26 heavy (non-hydrogen) atoms. The number of carbonyl (C=O) groups is 2. The highest BCUT2D eigenvalue weighted by Crippen LogP contribution is 2.70. The summed E-state index contributed by atoms with van der Waals surface area (Å²) in [4.78, 5) is 24.8. The van der Waals surface area contributed by atoms with E-state index in [9.17, 15) is 14.7 Å². The van der Waals surface area contributed by atoms with Crippen molar-refractivity contribution in [1.82, 2.24) is 0 Å². The van der Waals surface area contributed by atoms with Crippen molar-refractivity contribution in [3.05, 3.63) is 22.8 Å². The van der Waals surface area contributed by atoms with E-state index in [2.05, 4.69) is 13.8 Å². The first-order chi connectivity index (χ1) is 12.1. The van der Waals surface area contributed by atoms with Crippen LogP contribution in [0.15, 0.2) is 22.8 Å². The Morgan fingerprint density at radius 2 is 2.08 bits per heavy atom. The number of hydrogen-bond acceptors (Lipinski definition) is 6. The highest BCUT2D eigenvalue weighted by Gasteiger charge is 2.80. The highest BCUT2D eigenvalue weighted by atomic mass is 16.7. The van der Waals surface area contributed by atoms with Crippen LogP contribution in [0.3, 0.4) is 0 Å². The number of allylic oxidation sites excluding steroid dienone is 1. The second-order valence-electron chi connectivity index (χ2n) is 8.40. The lowest BCUT2D eigenvalue weighted by atomic mass is 9.51. The van der Waals surface area contributed by atoms with Gasteiger partial charge >= 0.3 is 11.9 Å². The number of hydrogen-bond donors (Lipinski definition) is 1. The average molecular weight is 362 g/mol. The molecule has 2 saturated carbocycles. The van der Waals surface area contributed by atoms with E-state index in [1.165, 1.54) is 0 Å². The number of rotatable bonds is 2. The number of aliphatic hydroxyl groups is 1. The van der Waals surface area contributed by atoms with E-state index in [0.29, 0.717) is 16.7 Å². The molecule has 1 saturated heterocycles. The molecule has 2 aliphatic heterocycles. The Hall–Kier alpha value is -1.66. The average Bonchev–Trinajstić information content (AvgIpc) is 3.24. The second-order valence-corrected chi connectivity index (χ2v) is 8.40. The Labute approximate surface area is 153 Å². The van der Waals surface area contributed by atoms with Crippen molar-refractivity contribution >= 4 is 11.9 Å². The predicted octanol–water partition coefficient (Wildman–Crippen LogP) is 2.40. The van der Waals surface area contributed by atoms with Crippen molar-refractivity contribution in [2.24, 2.45) is 11.3 Å². The molecule has 4 rings (SSSR count). The Morgan fingerprint density at radius 1 is 1.38 bits per heavy atom. The van der Waals surface area contributed by atoms with E-state index in [1.807, 2.05) is 0 Å². The Morgan fingerprint density at radius 3 is 2.73 bits per heavy atom. The molecule has 1 spiro atoms. The van der Waals surface area contributed by atoms with Crippen LogP contribution < -0.4 is 0 Å². The first-order valence-corrected chi connectivity index (χ1v) is 9.29. The zero-order valence-corrected chi connectivity index (χ0v) is 15.9. The second kappa shape index (κ2) is 5.20. The third-order valence-electron chi connectivity index (χ3n) is 7.29. The van der Waals surface area contributed by atoms with E-state index in [1.54, 1.807) is 26.8 Å². The lowest BCUT2D eigenvalue weighted by Gasteiger charge is -2.54. The lowest BCUT2D eigenvalue weighted by Crippen LogP contribution is -2.64. The smallest absolute Gasteiger partial charge is 0.336 e. The van der Waals surface area contributed by atoms with Crippen LogP contribution in [-0.4, -0.2) is 40.6 Å². The standard InChI is InChI=1S/C20H26O6/c1-6-10(2)16(21)24-15-14-12(4)17(22)26-20(14,23)9-19-13(25-19)8-7-11(3)18(15,19)5/h6,11,13,15,23H,7-9H2,1-5H3/b10-6-/t11-,13+,15+,18-,19+,20+/m0/s1. The number of carbonyl (C=O) groups excluding carboxylic acids is 2. The minimum absolute atomic E-state index is 0.00195. The zero-order chi connectivity index (χ0) is 19.1. The van der Waals surface area contributed by atoms with Gasteiger partial charge in [0.1, 0.15) is 11.7 Å². The van der Waals surface area contributed by atoms with Gasteiger partial charge in [0.15, 0.2) is 0 Å². The molecule has 6 atom stereocenters. The van der Waals surface area contributed by atoms with Crippen molar-refractivity contribution in [3.63, 3.8) is 0 Å². The number of ether oxygens (including phenoxy) is 3. The van der Waals surface area contributed by atoms with Gasteiger partial charge in [0.25, 0.3) is 0 Å². The monoisotopic (exact) mass is 362 g/mol. The van der Waals surface area contributed by atoms with Crippen molar-refractivity contribution < 1.29 is 28.9 Å². The molecule has 0 bridgehead atoms. The van der Waals surface area contributed by atoms with Gasteiger partial charge in [-0.25, -0.2) is 9.59 Å². The number of epoxide rings is 1. The summed E-state index contributed by atoms with van der Waals surface area (Å²) in [6.07, 6.45) is 2.95. The van der Waals surface area contributed by atoms with Crippen LogP contribution in [0.1, 0.15) is 53.9 Å². The first-order valence-electron chi connectivity index (χ1n) is 9.29. The van der Waals surface area contributed by atoms with E-state index in [0.717, 1.165) is 12.8 Å². The van der Waals surface area contributed by atoms with Gasteiger partial charge in [-0.2, -0.15) is 0 Å². The van der Waals surface area contributed by atoms with Crippen LogP contribution in [0.25, 0.3) is 0 Å². The SMILES string of the molecule is C/C=C(/C)C(=O)O[C@@H]1C2=C(C)C(=O)O[C@]2(O)C[C@@]23O[C@@H]2CC[C@H](C)[C@@]13C. The van der Waals surface area contributed by atoms with Gasteiger partial charge in [-0.3, -0.25) is 0 Å². The van der Waals surface area contributed by atoms with Gasteiger partial charge in [-0.15, -0.1) is 0 Å². The molecule has 2 aliphatic carbocycles. The molecule has 0 aromatic heterocycles. The topological polar surface area (TPSA) is 85.4 Å². The molecule has 1 N–H and O–H groups in total. The van der Waals surface area contributed by atoms with Crippen LogP contribution >= 0.6 is 0 Å². The van der Waals surface area contributed by atoms with Gasteiger partial charge in [0.05, 0.1) is 11.7 Å². The Balaban J connectivity index is 1.87. The molecular formula is C20H26O6. The molecule has 3 fully saturated rings. The molecule has 4 aliphatic rings. The third-order valence-corrected chi connectivity index (χ3v) is 7.29. The number of esters is 2. The van der Waals surface area contributed by atoms with Crippen molar-refractivity contribution in [2.45, 2.75) is 77.5 Å². The van der Waals surface area contributed by atoms with Crippen molar-refractivity contribution in [1.29, 1.82) is 0 Å². The minimum Gasteiger partial charge on any atom is -0.453 e. The molecule has 0 amide bonds. The summed E-state index contributed by atoms with van der Waals surface area (Å²) >= 11 is 0. The first kappa shape index (κ1) is 17.7. The van der Waals surface area contributed by atoms with Crippen LogP contribution in [0.5, 0.6) is 0 Å². The summed E-state index contributed by atoms with van der Waals surface area (Å²) in [7, 11) is 0. The van der Waals surface area contributed by atoms with E-state index in [-0.39, 0.29) is 18.4 Å². The Bertz CT molecular complexity index is 766. The summed E-state index contributed by atoms with van der Waals surface area (Å²) < 4.78 is 17.4. The van der Waals surface area contributed by atoms with Crippen LogP contribution in [0.2, 0.25) is 0 Å². The van der Waals surface area contributed by atoms with Crippen LogP contribution in [-0.2, 0) is 23.8 Å². The van der Waals surface area contributed by atoms with E-state index in [4.69, 9.17) is 14.2 Å². The van der Waals surface area contributed by atoms with Crippen LogP contribution in [0.4, 0.5) is 0 Å². The van der Waals surface area contributed by atoms with E-state index < -0.39 is 34.8 Å². The molecule has 6 nitrogen and oxygen atoms in total. The van der Waals surface area contributed by atoms with E-state index >= 15 is 0 Å². The summed E-state index contributed by atoms with van der Waals surface area (Å²) in [5.41, 5.74) is 0.0290. The molecule has 142 valence electrons. The normalized spacial score (nSPS) is 46.9. The van der Waals surface area contributed by atoms with Gasteiger partial charge in [-0.05, 0) is 39.5 Å². The molecule has 0 aromatic carbocycles. The molecule has 0 unspecified atom stereocenters. The van der Waals surface area contributed by atoms with Gasteiger partial charge < -0.3 is 19.3 Å². The molecule has 2 heterocycles. The maximum absolute atomic E-state index is 12.6. The maximum Gasteiger partial charge on any atom is 0.336 e. The quantitative estimate of drug-likeness (QED) is 0.461. The van der Waals surface area contributed by atoms with Gasteiger partial charge in [-0.1, -0.05) is 19.9 Å².